The molecule has 0 saturated heterocycles. The molecule has 2 atom stereocenters. The van der Waals surface area contributed by atoms with Crippen LogP contribution >= 0.6 is 0 Å². The van der Waals surface area contributed by atoms with E-state index >= 15 is 0 Å². The standard InChI is InChI=1S/C28H31N3O3/c1-4-17-34-26-16-14-20-9-5-7-11-22(20)23(26)18-31-25-12-8-6-10-21(25)13-15-24(28(31)33)30-27(32)19(2)29-3/h4-12,14,16,19,24,29H,1,13,15,17-18H2,2-3H3,(H,30,32)/t19-,24-/m0/s1. The second kappa shape index (κ2) is 10.5. The number of likely N-dealkylation sites (N-methyl/N-ethyl adjacent to an activating group) is 1. The first-order valence-electron chi connectivity index (χ1n) is 11.6. The highest BCUT2D eigenvalue weighted by Crippen LogP contribution is 2.34. The number of carbonyl (C=O) groups excluding carboxylic acids is 2. The van der Waals surface area contributed by atoms with E-state index in [2.05, 4.69) is 23.3 Å². The maximum absolute atomic E-state index is 13.9. The second-order valence-corrected chi connectivity index (χ2v) is 8.53. The van der Waals surface area contributed by atoms with Crippen molar-refractivity contribution in [2.45, 2.75) is 38.4 Å². The van der Waals surface area contributed by atoms with Gasteiger partial charge in [-0.2, -0.15) is 0 Å². The minimum atomic E-state index is -0.608. The number of anilines is 1. The number of nitrogens with zero attached hydrogens (tertiary/aromatic N) is 1. The van der Waals surface area contributed by atoms with Crippen molar-refractivity contribution in [1.29, 1.82) is 0 Å². The third kappa shape index (κ3) is 4.82. The van der Waals surface area contributed by atoms with Gasteiger partial charge in [0, 0.05) is 11.3 Å². The molecule has 0 spiro atoms. The molecule has 2 amide bonds. The number of fused-ring (bicyclic) bond motifs is 2. The predicted octanol–water partition coefficient (Wildman–Crippen LogP) is 3.98. The number of amides is 2. The molecule has 1 aliphatic heterocycles. The van der Waals surface area contributed by atoms with Gasteiger partial charge in [-0.15, -0.1) is 0 Å². The quantitative estimate of drug-likeness (QED) is 0.502. The van der Waals surface area contributed by atoms with Gasteiger partial charge in [-0.1, -0.05) is 61.2 Å². The molecule has 0 radical (unpaired) electrons. The maximum atomic E-state index is 13.9. The van der Waals surface area contributed by atoms with E-state index in [-0.39, 0.29) is 17.9 Å². The largest absolute Gasteiger partial charge is 0.489 e. The molecule has 2 N–H and O–H groups in total. The van der Waals surface area contributed by atoms with Crippen molar-refractivity contribution >= 4 is 28.3 Å². The van der Waals surface area contributed by atoms with Gasteiger partial charge in [0.1, 0.15) is 18.4 Å². The van der Waals surface area contributed by atoms with Gasteiger partial charge in [-0.3, -0.25) is 9.59 Å². The van der Waals surface area contributed by atoms with Crippen molar-refractivity contribution in [3.05, 3.63) is 84.4 Å². The van der Waals surface area contributed by atoms with Crippen LogP contribution in [0.5, 0.6) is 5.75 Å². The van der Waals surface area contributed by atoms with Crippen LogP contribution < -0.4 is 20.3 Å². The number of carbonyl (C=O) groups is 2. The van der Waals surface area contributed by atoms with E-state index in [0.717, 1.165) is 33.3 Å². The Hall–Kier alpha value is -3.64. The van der Waals surface area contributed by atoms with Crippen LogP contribution in [0.2, 0.25) is 0 Å². The van der Waals surface area contributed by atoms with Gasteiger partial charge in [-0.25, -0.2) is 0 Å². The van der Waals surface area contributed by atoms with E-state index in [9.17, 15) is 9.59 Å². The van der Waals surface area contributed by atoms with E-state index in [1.54, 1.807) is 24.9 Å². The Labute approximate surface area is 200 Å². The van der Waals surface area contributed by atoms with Crippen molar-refractivity contribution in [3.8, 4) is 5.75 Å². The average Bonchev–Trinajstić information content (AvgIpc) is 2.99. The molecule has 34 heavy (non-hydrogen) atoms. The summed E-state index contributed by atoms with van der Waals surface area (Å²) in [7, 11) is 1.73. The molecule has 0 saturated carbocycles. The summed E-state index contributed by atoms with van der Waals surface area (Å²) in [5.41, 5.74) is 2.88. The zero-order chi connectivity index (χ0) is 24.1. The van der Waals surface area contributed by atoms with Crippen LogP contribution in [-0.4, -0.2) is 37.6 Å². The van der Waals surface area contributed by atoms with Gasteiger partial charge < -0.3 is 20.3 Å². The van der Waals surface area contributed by atoms with Crippen LogP contribution in [0.3, 0.4) is 0 Å². The Morgan fingerprint density at radius 1 is 1.18 bits per heavy atom. The first kappa shape index (κ1) is 23.5. The summed E-state index contributed by atoms with van der Waals surface area (Å²) in [6.45, 7) is 6.24. The highest BCUT2D eigenvalue weighted by Gasteiger charge is 2.32. The average molecular weight is 458 g/mol. The van der Waals surface area contributed by atoms with Crippen LogP contribution in [0.15, 0.2) is 73.3 Å². The topological polar surface area (TPSA) is 70.7 Å². The van der Waals surface area contributed by atoms with E-state index in [1.165, 1.54) is 0 Å². The summed E-state index contributed by atoms with van der Waals surface area (Å²) >= 11 is 0. The monoisotopic (exact) mass is 457 g/mol. The number of ether oxygens (including phenoxy) is 1. The summed E-state index contributed by atoms with van der Waals surface area (Å²) in [6.07, 6.45) is 2.95. The van der Waals surface area contributed by atoms with Gasteiger partial charge in [0.15, 0.2) is 0 Å². The Morgan fingerprint density at radius 3 is 2.74 bits per heavy atom. The molecule has 1 aliphatic rings. The van der Waals surface area contributed by atoms with Crippen LogP contribution in [0.1, 0.15) is 24.5 Å². The molecule has 1 heterocycles. The van der Waals surface area contributed by atoms with Crippen molar-refractivity contribution in [3.63, 3.8) is 0 Å². The van der Waals surface area contributed by atoms with Crippen LogP contribution in [-0.2, 0) is 22.6 Å². The molecule has 4 rings (SSSR count). The van der Waals surface area contributed by atoms with Gasteiger partial charge in [0.25, 0.3) is 0 Å². The number of rotatable bonds is 8. The number of aryl methyl sites for hydroxylation is 1. The fraction of sp³-hybridized carbons (Fsp3) is 0.286. The van der Waals surface area contributed by atoms with Gasteiger partial charge in [0.05, 0.1) is 12.6 Å². The first-order valence-corrected chi connectivity index (χ1v) is 11.6. The third-order valence-electron chi connectivity index (χ3n) is 6.36. The SMILES string of the molecule is C=CCOc1ccc2ccccc2c1CN1C(=O)[C@@H](NC(=O)[C@H](C)NC)CCc2ccccc21. The van der Waals surface area contributed by atoms with Crippen LogP contribution in [0, 0.1) is 0 Å². The minimum absolute atomic E-state index is 0.121. The van der Waals surface area contributed by atoms with E-state index < -0.39 is 6.04 Å². The fourth-order valence-electron chi connectivity index (χ4n) is 4.36. The van der Waals surface area contributed by atoms with Crippen LogP contribution in [0.25, 0.3) is 10.8 Å². The van der Waals surface area contributed by atoms with Crippen LogP contribution in [0.4, 0.5) is 5.69 Å². The first-order chi connectivity index (χ1) is 16.5. The Kier molecular flexibility index (Phi) is 7.28. The maximum Gasteiger partial charge on any atom is 0.249 e. The lowest BCUT2D eigenvalue weighted by Crippen LogP contribution is -2.52. The van der Waals surface area contributed by atoms with Crippen molar-refractivity contribution in [1.82, 2.24) is 10.6 Å². The Bertz CT molecular complexity index is 1210. The number of hydrogen-bond donors (Lipinski definition) is 2. The molecule has 0 aromatic heterocycles. The third-order valence-corrected chi connectivity index (χ3v) is 6.36. The molecule has 6 nitrogen and oxygen atoms in total. The molecule has 3 aromatic rings. The molecule has 3 aromatic carbocycles. The summed E-state index contributed by atoms with van der Waals surface area (Å²) in [5, 5.41) is 8.00. The summed E-state index contributed by atoms with van der Waals surface area (Å²) in [6, 6.07) is 19.0. The lowest BCUT2D eigenvalue weighted by Gasteiger charge is -2.28. The summed E-state index contributed by atoms with van der Waals surface area (Å²) < 4.78 is 5.99. The number of nitrogens with one attached hydrogen (secondary N) is 2. The normalized spacial score (nSPS) is 16.5. The van der Waals surface area contributed by atoms with Gasteiger partial charge in [-0.05, 0) is 55.3 Å². The van der Waals surface area contributed by atoms with E-state index in [4.69, 9.17) is 4.74 Å². The molecule has 6 heteroatoms. The Balaban J connectivity index is 1.76. The lowest BCUT2D eigenvalue weighted by molar-refractivity contribution is -0.128. The number of hydrogen-bond acceptors (Lipinski definition) is 4. The summed E-state index contributed by atoms with van der Waals surface area (Å²) in [5.74, 6) is 0.411. The Morgan fingerprint density at radius 2 is 1.94 bits per heavy atom. The molecule has 0 unspecified atom stereocenters. The highest BCUT2D eigenvalue weighted by atomic mass is 16.5. The second-order valence-electron chi connectivity index (χ2n) is 8.53. The molecule has 0 bridgehead atoms. The van der Waals surface area contributed by atoms with Crippen molar-refractivity contribution < 1.29 is 14.3 Å². The lowest BCUT2D eigenvalue weighted by atomic mass is 10.0. The smallest absolute Gasteiger partial charge is 0.249 e. The van der Waals surface area contributed by atoms with E-state index in [1.807, 2.05) is 54.6 Å². The molecule has 0 aliphatic carbocycles. The van der Waals surface area contributed by atoms with Crippen molar-refractivity contribution in [2.75, 3.05) is 18.6 Å². The fourth-order valence-corrected chi connectivity index (χ4v) is 4.36. The zero-order valence-corrected chi connectivity index (χ0v) is 19.7. The highest BCUT2D eigenvalue weighted by molar-refractivity contribution is 6.01. The summed E-state index contributed by atoms with van der Waals surface area (Å²) in [4.78, 5) is 28.3. The molecule has 176 valence electrons. The zero-order valence-electron chi connectivity index (χ0n) is 19.7. The van der Waals surface area contributed by atoms with Crippen molar-refractivity contribution in [2.24, 2.45) is 0 Å². The molecular weight excluding hydrogens is 426 g/mol. The molecular formula is C28H31N3O3. The molecule has 0 fully saturated rings. The van der Waals surface area contributed by atoms with Gasteiger partial charge in [0.2, 0.25) is 11.8 Å². The minimum Gasteiger partial charge on any atom is -0.489 e. The number of para-hydroxylation sites is 1. The number of benzene rings is 3. The van der Waals surface area contributed by atoms with Gasteiger partial charge >= 0.3 is 0 Å². The van der Waals surface area contributed by atoms with E-state index in [0.29, 0.717) is 26.0 Å². The predicted molar refractivity (Wildman–Crippen MR) is 136 cm³/mol.